The van der Waals surface area contributed by atoms with E-state index in [4.69, 9.17) is 5.11 Å². The van der Waals surface area contributed by atoms with Gasteiger partial charge in [0.15, 0.2) is 0 Å². The van der Waals surface area contributed by atoms with Crippen molar-refractivity contribution in [3.8, 4) is 0 Å². The van der Waals surface area contributed by atoms with Crippen LogP contribution in [0.3, 0.4) is 0 Å². The van der Waals surface area contributed by atoms with Crippen LogP contribution < -0.4 is 10.6 Å². The number of nitrogens with one attached hydrogen (secondary N) is 2. The first-order chi connectivity index (χ1) is 9.11. The smallest absolute Gasteiger partial charge is 0.315 e. The fraction of sp³-hybridized carbons (Fsp3) is 0.643. The second-order valence-electron chi connectivity index (χ2n) is 5.01. The first-order valence-electron chi connectivity index (χ1n) is 6.79. The van der Waals surface area contributed by atoms with Gasteiger partial charge in [-0.1, -0.05) is 13.0 Å². The van der Waals surface area contributed by atoms with E-state index in [1.165, 1.54) is 4.88 Å². The number of rotatable bonds is 8. The van der Waals surface area contributed by atoms with Gasteiger partial charge in [-0.3, -0.25) is 0 Å². The van der Waals surface area contributed by atoms with Crippen molar-refractivity contribution in [2.75, 3.05) is 13.2 Å². The maximum atomic E-state index is 11.6. The number of thiophene rings is 1. The monoisotopic (exact) mass is 284 g/mol. The van der Waals surface area contributed by atoms with E-state index in [0.717, 1.165) is 19.3 Å². The van der Waals surface area contributed by atoms with Crippen LogP contribution in [0.2, 0.25) is 0 Å². The minimum Gasteiger partial charge on any atom is -0.396 e. The van der Waals surface area contributed by atoms with Gasteiger partial charge in [-0.15, -0.1) is 11.3 Å². The van der Waals surface area contributed by atoms with Gasteiger partial charge in [0.2, 0.25) is 0 Å². The SMILES string of the molecule is CC(CNC(=O)NC(C)CCCO)Cc1cccs1. The molecule has 5 heteroatoms. The molecule has 0 saturated heterocycles. The van der Waals surface area contributed by atoms with E-state index in [1.54, 1.807) is 11.3 Å². The van der Waals surface area contributed by atoms with Crippen LogP contribution in [0.4, 0.5) is 4.79 Å². The number of hydrogen-bond donors (Lipinski definition) is 3. The highest BCUT2D eigenvalue weighted by atomic mass is 32.1. The van der Waals surface area contributed by atoms with E-state index < -0.39 is 0 Å². The Morgan fingerprint density at radius 3 is 2.89 bits per heavy atom. The molecule has 3 N–H and O–H groups in total. The van der Waals surface area contributed by atoms with E-state index >= 15 is 0 Å². The Morgan fingerprint density at radius 1 is 1.47 bits per heavy atom. The molecule has 0 aliphatic heterocycles. The van der Waals surface area contributed by atoms with Gasteiger partial charge in [-0.25, -0.2) is 4.79 Å². The van der Waals surface area contributed by atoms with Crippen LogP contribution in [-0.2, 0) is 6.42 Å². The summed E-state index contributed by atoms with van der Waals surface area (Å²) in [6.07, 6.45) is 2.52. The van der Waals surface area contributed by atoms with Gasteiger partial charge >= 0.3 is 6.03 Å². The highest BCUT2D eigenvalue weighted by molar-refractivity contribution is 7.09. The molecule has 0 saturated carbocycles. The van der Waals surface area contributed by atoms with E-state index in [1.807, 2.05) is 6.92 Å². The summed E-state index contributed by atoms with van der Waals surface area (Å²) in [5.74, 6) is 0.428. The summed E-state index contributed by atoms with van der Waals surface area (Å²) < 4.78 is 0. The van der Waals surface area contributed by atoms with Gasteiger partial charge in [0.1, 0.15) is 0 Å². The molecule has 0 aromatic carbocycles. The first-order valence-corrected chi connectivity index (χ1v) is 7.67. The summed E-state index contributed by atoms with van der Waals surface area (Å²) in [5.41, 5.74) is 0. The molecule has 2 unspecified atom stereocenters. The number of urea groups is 1. The predicted molar refractivity (Wildman–Crippen MR) is 79.5 cm³/mol. The second-order valence-corrected chi connectivity index (χ2v) is 6.04. The third-order valence-electron chi connectivity index (χ3n) is 2.91. The summed E-state index contributed by atoms with van der Waals surface area (Å²) in [5, 5.41) is 16.6. The Kier molecular flexibility index (Phi) is 7.52. The summed E-state index contributed by atoms with van der Waals surface area (Å²) in [7, 11) is 0. The lowest BCUT2D eigenvalue weighted by Gasteiger charge is -2.16. The lowest BCUT2D eigenvalue weighted by molar-refractivity contribution is 0.232. The van der Waals surface area contributed by atoms with Crippen molar-refractivity contribution in [3.63, 3.8) is 0 Å². The molecule has 19 heavy (non-hydrogen) atoms. The Morgan fingerprint density at radius 2 is 2.26 bits per heavy atom. The molecule has 0 spiro atoms. The first kappa shape index (κ1) is 16.0. The largest absolute Gasteiger partial charge is 0.396 e. The highest BCUT2D eigenvalue weighted by Gasteiger charge is 2.09. The van der Waals surface area contributed by atoms with Crippen molar-refractivity contribution in [3.05, 3.63) is 22.4 Å². The zero-order valence-corrected chi connectivity index (χ0v) is 12.5. The van der Waals surface area contributed by atoms with Gasteiger partial charge in [0, 0.05) is 24.1 Å². The molecule has 108 valence electrons. The molecule has 2 atom stereocenters. The van der Waals surface area contributed by atoms with Crippen molar-refractivity contribution in [2.24, 2.45) is 5.92 Å². The molecular formula is C14H24N2O2S. The number of hydrogen-bond acceptors (Lipinski definition) is 3. The van der Waals surface area contributed by atoms with Crippen LogP contribution in [0.1, 0.15) is 31.6 Å². The van der Waals surface area contributed by atoms with Gasteiger partial charge in [-0.2, -0.15) is 0 Å². The zero-order valence-electron chi connectivity index (χ0n) is 11.7. The van der Waals surface area contributed by atoms with Crippen LogP contribution in [0.25, 0.3) is 0 Å². The van der Waals surface area contributed by atoms with Gasteiger partial charge < -0.3 is 15.7 Å². The molecule has 1 aromatic rings. The Bertz CT molecular complexity index is 354. The molecule has 0 aliphatic carbocycles. The molecule has 1 rings (SSSR count). The number of aliphatic hydroxyl groups is 1. The molecule has 4 nitrogen and oxygen atoms in total. The van der Waals surface area contributed by atoms with Crippen molar-refractivity contribution in [1.82, 2.24) is 10.6 Å². The molecule has 1 heterocycles. The van der Waals surface area contributed by atoms with Crippen molar-refractivity contribution >= 4 is 17.4 Å². The summed E-state index contributed by atoms with van der Waals surface area (Å²) in [6, 6.07) is 4.15. The van der Waals surface area contributed by atoms with E-state index in [9.17, 15) is 4.79 Å². The third-order valence-corrected chi connectivity index (χ3v) is 3.81. The fourth-order valence-corrected chi connectivity index (χ4v) is 2.73. The summed E-state index contributed by atoms with van der Waals surface area (Å²) in [6.45, 7) is 4.93. The number of carbonyl (C=O) groups is 1. The molecule has 2 amide bonds. The van der Waals surface area contributed by atoms with E-state index in [-0.39, 0.29) is 18.7 Å². The molecular weight excluding hydrogens is 260 g/mol. The average molecular weight is 284 g/mol. The van der Waals surface area contributed by atoms with Crippen molar-refractivity contribution < 1.29 is 9.90 Å². The van der Waals surface area contributed by atoms with E-state index in [2.05, 4.69) is 35.1 Å². The lowest BCUT2D eigenvalue weighted by atomic mass is 10.1. The predicted octanol–water partition coefficient (Wildman–Crippen LogP) is 2.39. The van der Waals surface area contributed by atoms with E-state index in [0.29, 0.717) is 12.5 Å². The zero-order chi connectivity index (χ0) is 14.1. The quantitative estimate of drug-likeness (QED) is 0.686. The molecule has 1 aromatic heterocycles. The maximum Gasteiger partial charge on any atom is 0.315 e. The topological polar surface area (TPSA) is 61.4 Å². The highest BCUT2D eigenvalue weighted by Crippen LogP contribution is 2.13. The second kappa shape index (κ2) is 8.93. The number of amides is 2. The van der Waals surface area contributed by atoms with Gasteiger partial charge in [0.25, 0.3) is 0 Å². The lowest BCUT2D eigenvalue weighted by Crippen LogP contribution is -2.42. The van der Waals surface area contributed by atoms with Crippen LogP contribution in [0.5, 0.6) is 0 Å². The van der Waals surface area contributed by atoms with Crippen molar-refractivity contribution in [2.45, 2.75) is 39.2 Å². The van der Waals surface area contributed by atoms with Crippen LogP contribution in [0.15, 0.2) is 17.5 Å². The Balaban J connectivity index is 2.15. The minimum absolute atomic E-state index is 0.0970. The van der Waals surface area contributed by atoms with Gasteiger partial charge in [-0.05, 0) is 43.6 Å². The maximum absolute atomic E-state index is 11.6. The summed E-state index contributed by atoms with van der Waals surface area (Å²) >= 11 is 1.75. The molecule has 0 bridgehead atoms. The molecule has 0 aliphatic rings. The Hall–Kier alpha value is -1.07. The number of aliphatic hydroxyl groups excluding tert-OH is 1. The minimum atomic E-state index is -0.122. The number of carbonyl (C=O) groups excluding carboxylic acids is 1. The third kappa shape index (κ3) is 7.18. The molecule has 0 fully saturated rings. The molecule has 0 radical (unpaired) electrons. The van der Waals surface area contributed by atoms with Crippen LogP contribution in [0, 0.1) is 5.92 Å². The standard InChI is InChI=1S/C14H24N2O2S/c1-11(9-13-6-4-8-19-13)10-15-14(18)16-12(2)5-3-7-17/h4,6,8,11-12,17H,3,5,7,9-10H2,1-2H3,(H2,15,16,18). The van der Waals surface area contributed by atoms with Crippen LogP contribution in [-0.4, -0.2) is 30.3 Å². The average Bonchev–Trinajstić information content (AvgIpc) is 2.86. The van der Waals surface area contributed by atoms with Gasteiger partial charge in [0.05, 0.1) is 0 Å². The normalized spacial score (nSPS) is 13.8. The Labute approximate surface area is 119 Å². The fourth-order valence-electron chi connectivity index (χ4n) is 1.86. The van der Waals surface area contributed by atoms with Crippen LogP contribution >= 0.6 is 11.3 Å². The summed E-state index contributed by atoms with van der Waals surface area (Å²) in [4.78, 5) is 13.0. The van der Waals surface area contributed by atoms with Crippen molar-refractivity contribution in [1.29, 1.82) is 0 Å².